The highest BCUT2D eigenvalue weighted by atomic mass is 79.9. The second kappa shape index (κ2) is 13.7. The monoisotopic (exact) mass is 932 g/mol. The lowest BCUT2D eigenvalue weighted by atomic mass is 9.90. The van der Waals surface area contributed by atoms with Crippen LogP contribution >= 0.6 is 66.7 Å². The van der Waals surface area contributed by atoms with E-state index in [0.717, 1.165) is 22.4 Å². The number of alkyl halides is 9. The molecule has 6 nitrogen and oxygen atoms in total. The average Bonchev–Trinajstić information content (AvgIpc) is 3.75. The van der Waals surface area contributed by atoms with E-state index in [1.165, 1.54) is 19.1 Å². The molecule has 0 aliphatic carbocycles. The fourth-order valence-corrected chi connectivity index (χ4v) is 7.07. The van der Waals surface area contributed by atoms with Gasteiger partial charge in [-0.1, -0.05) is 40.9 Å². The smallest absolute Gasteiger partial charge is 0.239 e. The van der Waals surface area contributed by atoms with Crippen molar-refractivity contribution in [1.29, 1.82) is 0 Å². The molecule has 0 atom stereocenters. The van der Waals surface area contributed by atoms with Gasteiger partial charge in [0, 0.05) is 34.1 Å². The zero-order valence-corrected chi connectivity index (χ0v) is 32.1. The van der Waals surface area contributed by atoms with Crippen LogP contribution in [-0.2, 0) is 18.5 Å². The lowest BCUT2D eigenvalue weighted by Gasteiger charge is -2.22. The lowest BCUT2D eigenvalue weighted by molar-refractivity contribution is -0.144. The van der Waals surface area contributed by atoms with Gasteiger partial charge in [0.05, 0.1) is 31.6 Å². The largest absolute Gasteiger partial charge is 0.435 e. The van der Waals surface area contributed by atoms with Gasteiger partial charge in [-0.05, 0) is 111 Å². The summed E-state index contributed by atoms with van der Waals surface area (Å²) < 4.78 is 129. The van der Waals surface area contributed by atoms with Crippen molar-refractivity contribution in [2.75, 3.05) is 0 Å². The van der Waals surface area contributed by atoms with E-state index in [9.17, 15) is 39.5 Å². The maximum absolute atomic E-state index is 14.2. The molecule has 3 aromatic heterocycles. The predicted octanol–water partition coefficient (Wildman–Crippen LogP) is 13.0. The summed E-state index contributed by atoms with van der Waals surface area (Å²) >= 11 is 26.9. The number of halogens is 14. The molecule has 0 saturated carbocycles. The topological polar surface area (TPSA) is 53.5 Å². The Morgan fingerprint density at radius 1 is 0.660 bits per heavy atom. The molecule has 0 bridgehead atoms. The second-order valence-electron chi connectivity index (χ2n) is 11.7. The van der Waals surface area contributed by atoms with Crippen LogP contribution in [0.15, 0.2) is 63.8 Å². The summed E-state index contributed by atoms with van der Waals surface area (Å²) in [6.07, 6.45) is -13.8. The minimum absolute atomic E-state index is 0.0326. The van der Waals surface area contributed by atoms with E-state index in [2.05, 4.69) is 47.2 Å². The van der Waals surface area contributed by atoms with Crippen molar-refractivity contribution < 1.29 is 39.5 Å². The molecule has 0 N–H and O–H groups in total. The molecule has 20 heteroatoms. The molecule has 0 radical (unpaired) electrons. The highest BCUT2D eigenvalue weighted by Crippen LogP contribution is 2.48. The first-order valence-corrected chi connectivity index (χ1v) is 17.4. The third kappa shape index (κ3) is 7.46. The summed E-state index contributed by atoms with van der Waals surface area (Å²) in [7, 11) is 0. The van der Waals surface area contributed by atoms with Gasteiger partial charge in [0.1, 0.15) is 10.3 Å². The number of aryl methyl sites for hydroxylation is 2. The van der Waals surface area contributed by atoms with Crippen molar-refractivity contribution in [3.8, 4) is 39.3 Å². The number of hydrogen-bond donors (Lipinski definition) is 0. The molecule has 6 aromatic rings. The molecule has 0 aliphatic heterocycles. The van der Waals surface area contributed by atoms with Gasteiger partial charge in [0.2, 0.25) is 0 Å². The van der Waals surface area contributed by atoms with E-state index < -0.39 is 46.3 Å². The Hall–Kier alpha value is -3.51. The molecule has 0 unspecified atom stereocenters. The third-order valence-electron chi connectivity index (χ3n) is 7.97. The normalized spacial score (nSPS) is 12.6. The van der Waals surface area contributed by atoms with Crippen molar-refractivity contribution >= 4 is 66.7 Å². The third-order valence-corrected chi connectivity index (χ3v) is 10.6. The highest BCUT2D eigenvalue weighted by molar-refractivity contribution is 9.13. The van der Waals surface area contributed by atoms with Crippen molar-refractivity contribution in [3.05, 3.63) is 113 Å². The molecule has 3 aromatic carbocycles. The van der Waals surface area contributed by atoms with Crippen LogP contribution in [0, 0.1) is 20.8 Å². The first-order valence-electron chi connectivity index (χ1n) is 14.7. The average molecular weight is 936 g/mol. The van der Waals surface area contributed by atoms with Crippen molar-refractivity contribution in [3.63, 3.8) is 0 Å². The van der Waals surface area contributed by atoms with Gasteiger partial charge in [0.15, 0.2) is 11.4 Å². The van der Waals surface area contributed by atoms with Crippen LogP contribution in [0.3, 0.4) is 0 Å². The summed E-state index contributed by atoms with van der Waals surface area (Å²) in [5, 5.41) is 10.3. The molecule has 53 heavy (non-hydrogen) atoms. The van der Waals surface area contributed by atoms with E-state index in [-0.39, 0.29) is 48.9 Å². The van der Waals surface area contributed by atoms with E-state index >= 15 is 0 Å². The van der Waals surface area contributed by atoms with Gasteiger partial charge in [0.25, 0.3) is 0 Å². The quantitative estimate of drug-likeness (QED) is 0.162. The number of benzene rings is 3. The SMILES string of the molecule is Cc1cc(-c2cc(Cl)c(-n3nc(C(F)(F)F)cc3C)c(-c3cc(Cl)cc(-n4nc(C(F)(F)F)cc4C(F)(F)F)c3Cl)c2C)cc(-n2cc(Br)c(Br)n2)c1. The first kappa shape index (κ1) is 39.2. The van der Waals surface area contributed by atoms with E-state index in [4.69, 9.17) is 34.8 Å². The summed E-state index contributed by atoms with van der Waals surface area (Å²) in [5.74, 6) is 0. The van der Waals surface area contributed by atoms with Crippen LogP contribution < -0.4 is 0 Å². The van der Waals surface area contributed by atoms with Crippen LogP contribution in [0.1, 0.15) is 33.9 Å². The van der Waals surface area contributed by atoms with E-state index in [1.54, 1.807) is 36.9 Å². The number of rotatable bonds is 5. The fraction of sp³-hybridized carbons (Fsp3) is 0.182. The van der Waals surface area contributed by atoms with Gasteiger partial charge >= 0.3 is 18.5 Å². The van der Waals surface area contributed by atoms with Gasteiger partial charge in [-0.3, -0.25) is 0 Å². The first-order chi connectivity index (χ1) is 24.4. The highest BCUT2D eigenvalue weighted by Gasteiger charge is 2.43. The van der Waals surface area contributed by atoms with Crippen LogP contribution in [0.4, 0.5) is 39.5 Å². The molecule has 0 aliphatic rings. The minimum atomic E-state index is -5.34. The number of hydrogen-bond acceptors (Lipinski definition) is 3. The molecule has 0 saturated heterocycles. The Kier molecular flexibility index (Phi) is 10.1. The Morgan fingerprint density at radius 3 is 1.85 bits per heavy atom. The van der Waals surface area contributed by atoms with Crippen LogP contribution in [0.5, 0.6) is 0 Å². The Labute approximate surface area is 325 Å². The Morgan fingerprint density at radius 2 is 1.28 bits per heavy atom. The van der Waals surface area contributed by atoms with Crippen LogP contribution in [0.2, 0.25) is 15.1 Å². The summed E-state index contributed by atoms with van der Waals surface area (Å²) in [5.41, 5.74) is -3.54. The molecule has 3 heterocycles. The van der Waals surface area contributed by atoms with E-state index in [1.807, 2.05) is 6.07 Å². The van der Waals surface area contributed by atoms with Gasteiger partial charge in [-0.15, -0.1) is 0 Å². The van der Waals surface area contributed by atoms with Crippen molar-refractivity contribution in [1.82, 2.24) is 29.3 Å². The van der Waals surface area contributed by atoms with Crippen LogP contribution in [0.25, 0.3) is 39.3 Å². The summed E-state index contributed by atoms with van der Waals surface area (Å²) in [6.45, 7) is 4.68. The molecular weight excluding hydrogens is 918 g/mol. The molecule has 0 spiro atoms. The summed E-state index contributed by atoms with van der Waals surface area (Å²) in [4.78, 5) is 0. The van der Waals surface area contributed by atoms with E-state index in [0.29, 0.717) is 25.9 Å². The fourth-order valence-electron chi connectivity index (χ4n) is 5.74. The Balaban J connectivity index is 1.70. The van der Waals surface area contributed by atoms with Gasteiger partial charge in [-0.25, -0.2) is 14.0 Å². The van der Waals surface area contributed by atoms with Crippen LogP contribution in [-0.4, -0.2) is 29.3 Å². The maximum atomic E-state index is 14.2. The standard InChI is InChI=1S/C33H18Br2Cl3F9N6/c1-13-4-16(7-18(5-13)51-12-21(34)30(35)50-51)19-10-22(37)29(52-14(2)6-24(48-52)31(39,40)41)27(15(19)3)20-8-17(36)9-23(28(20)38)53-26(33(45,46)47)11-25(49-53)32(42,43)44/h4-12H,1-3H3. The van der Waals surface area contributed by atoms with Crippen molar-refractivity contribution in [2.24, 2.45) is 0 Å². The summed E-state index contributed by atoms with van der Waals surface area (Å²) in [6, 6.07) is 9.48. The number of nitrogens with zero attached hydrogens (tertiary/aromatic N) is 6. The molecule has 0 amide bonds. The van der Waals surface area contributed by atoms with Gasteiger partial charge < -0.3 is 0 Å². The molecule has 6 rings (SSSR count). The molecule has 278 valence electrons. The maximum Gasteiger partial charge on any atom is 0.435 e. The number of aromatic nitrogens is 6. The zero-order chi connectivity index (χ0) is 39.1. The Bertz CT molecular complexity index is 2410. The second-order valence-corrected chi connectivity index (χ2v) is 14.5. The van der Waals surface area contributed by atoms with Gasteiger partial charge in [-0.2, -0.15) is 54.8 Å². The predicted molar refractivity (Wildman–Crippen MR) is 188 cm³/mol. The van der Waals surface area contributed by atoms with Crippen molar-refractivity contribution in [2.45, 2.75) is 39.3 Å². The lowest BCUT2D eigenvalue weighted by Crippen LogP contribution is -2.14. The zero-order valence-electron chi connectivity index (χ0n) is 26.7. The minimum Gasteiger partial charge on any atom is -0.239 e. The molecule has 0 fully saturated rings. The molecular formula is C33H18Br2Cl3F9N6.